The predicted octanol–water partition coefficient (Wildman–Crippen LogP) is 0.698. The van der Waals surface area contributed by atoms with Gasteiger partial charge in [-0.2, -0.15) is 0 Å². The molecule has 5 unspecified atom stereocenters. The molecule has 5 heteroatoms. The highest BCUT2D eigenvalue weighted by atomic mass is 16.6. The Balaban J connectivity index is 2.92. The summed E-state index contributed by atoms with van der Waals surface area (Å²) in [5, 5.41) is 29.9. The van der Waals surface area contributed by atoms with Gasteiger partial charge in [-0.25, -0.2) is 0 Å². The maximum atomic E-state index is 10.3. The van der Waals surface area contributed by atoms with Crippen molar-refractivity contribution < 1.29 is 24.8 Å². The summed E-state index contributed by atoms with van der Waals surface area (Å²) in [5.74, 6) is 0. The number of aliphatic hydroxyl groups excluding tert-OH is 3. The average Bonchev–Trinajstić information content (AvgIpc) is 2.22. The summed E-state index contributed by atoms with van der Waals surface area (Å²) < 4.78 is 11.5. The van der Waals surface area contributed by atoms with Crippen molar-refractivity contribution in [2.45, 2.75) is 77.7 Å². The minimum absolute atomic E-state index is 0.253. The van der Waals surface area contributed by atoms with Gasteiger partial charge in [0.1, 0.15) is 24.4 Å². The van der Waals surface area contributed by atoms with E-state index < -0.39 is 36.1 Å². The van der Waals surface area contributed by atoms with Gasteiger partial charge in [-0.3, -0.25) is 0 Å². The molecule has 0 aromatic rings. The predicted molar refractivity (Wildman–Crippen MR) is 71.8 cm³/mol. The van der Waals surface area contributed by atoms with Gasteiger partial charge in [0, 0.05) is 0 Å². The lowest BCUT2D eigenvalue weighted by molar-refractivity contribution is -0.276. The van der Waals surface area contributed by atoms with Crippen molar-refractivity contribution in [3.8, 4) is 0 Å². The Morgan fingerprint density at radius 1 is 1.00 bits per heavy atom. The molecule has 0 aliphatic carbocycles. The summed E-state index contributed by atoms with van der Waals surface area (Å²) in [6, 6.07) is 0. The Morgan fingerprint density at radius 2 is 1.53 bits per heavy atom. The fourth-order valence-electron chi connectivity index (χ4n) is 2.36. The topological polar surface area (TPSA) is 79.2 Å². The van der Waals surface area contributed by atoms with Gasteiger partial charge < -0.3 is 24.8 Å². The molecule has 0 radical (unpaired) electrons. The van der Waals surface area contributed by atoms with Crippen molar-refractivity contribution in [2.24, 2.45) is 5.41 Å². The van der Waals surface area contributed by atoms with Gasteiger partial charge in [-0.15, -0.1) is 0 Å². The smallest absolute Gasteiger partial charge is 0.115 e. The number of rotatable bonds is 2. The first kappa shape index (κ1) is 16.9. The second-order valence-electron chi connectivity index (χ2n) is 7.32. The first-order chi connectivity index (χ1) is 8.47. The zero-order chi connectivity index (χ0) is 15.0. The summed E-state index contributed by atoms with van der Waals surface area (Å²) in [7, 11) is 0. The van der Waals surface area contributed by atoms with Crippen LogP contribution in [0.5, 0.6) is 0 Å². The molecular formula is C14H28O5. The maximum absolute atomic E-state index is 10.3. The van der Waals surface area contributed by atoms with E-state index in [2.05, 4.69) is 0 Å². The van der Waals surface area contributed by atoms with Gasteiger partial charge >= 0.3 is 0 Å². The van der Waals surface area contributed by atoms with E-state index in [0.29, 0.717) is 0 Å². The molecule has 1 heterocycles. The van der Waals surface area contributed by atoms with E-state index in [9.17, 15) is 15.3 Å². The zero-order valence-corrected chi connectivity index (χ0v) is 12.8. The highest BCUT2D eigenvalue weighted by Gasteiger charge is 2.49. The molecule has 0 spiro atoms. The van der Waals surface area contributed by atoms with Crippen LogP contribution in [-0.2, 0) is 9.47 Å². The van der Waals surface area contributed by atoms with Gasteiger partial charge in [-0.1, -0.05) is 20.8 Å². The average molecular weight is 276 g/mol. The van der Waals surface area contributed by atoms with Crippen LogP contribution in [0.2, 0.25) is 0 Å². The van der Waals surface area contributed by atoms with Crippen LogP contribution in [0.25, 0.3) is 0 Å². The van der Waals surface area contributed by atoms with Gasteiger partial charge in [0.25, 0.3) is 0 Å². The van der Waals surface area contributed by atoms with E-state index in [-0.39, 0.29) is 12.0 Å². The molecular weight excluding hydrogens is 248 g/mol. The van der Waals surface area contributed by atoms with E-state index in [1.807, 2.05) is 41.5 Å². The Bertz CT molecular complexity index is 289. The third-order valence-electron chi connectivity index (χ3n) is 3.21. The van der Waals surface area contributed by atoms with Crippen molar-refractivity contribution in [1.29, 1.82) is 0 Å². The van der Waals surface area contributed by atoms with Gasteiger partial charge in [0.2, 0.25) is 0 Å². The molecule has 1 aliphatic rings. The first-order valence-electron chi connectivity index (χ1n) is 6.77. The van der Waals surface area contributed by atoms with E-state index >= 15 is 0 Å². The van der Waals surface area contributed by atoms with Gasteiger partial charge in [0.05, 0.1) is 18.3 Å². The molecule has 1 rings (SSSR count). The number of ether oxygens (including phenoxy) is 2. The molecule has 5 nitrogen and oxygen atoms in total. The molecule has 0 saturated carbocycles. The van der Waals surface area contributed by atoms with Crippen molar-refractivity contribution in [1.82, 2.24) is 0 Å². The normalized spacial score (nSPS) is 37.4. The van der Waals surface area contributed by atoms with E-state index in [1.54, 1.807) is 0 Å². The van der Waals surface area contributed by atoms with Crippen LogP contribution >= 0.6 is 0 Å². The van der Waals surface area contributed by atoms with Crippen LogP contribution in [0, 0.1) is 5.41 Å². The van der Waals surface area contributed by atoms with E-state index in [0.717, 1.165) is 0 Å². The number of hydrogen-bond donors (Lipinski definition) is 3. The highest BCUT2D eigenvalue weighted by Crippen LogP contribution is 2.35. The summed E-state index contributed by atoms with van der Waals surface area (Å²) in [4.78, 5) is 0. The van der Waals surface area contributed by atoms with Crippen LogP contribution in [0.1, 0.15) is 41.5 Å². The van der Waals surface area contributed by atoms with Crippen LogP contribution in [0.4, 0.5) is 0 Å². The molecule has 3 N–H and O–H groups in total. The molecule has 0 aromatic carbocycles. The molecule has 0 bridgehead atoms. The quantitative estimate of drug-likeness (QED) is 0.692. The lowest BCUT2D eigenvalue weighted by atomic mass is 9.80. The molecule has 1 aliphatic heterocycles. The third kappa shape index (κ3) is 4.13. The second-order valence-corrected chi connectivity index (χ2v) is 7.32. The Morgan fingerprint density at radius 3 is 1.89 bits per heavy atom. The third-order valence-corrected chi connectivity index (χ3v) is 3.21. The largest absolute Gasteiger partial charge is 0.394 e. The standard InChI is InChI=1S/C14H28O5/c1-13(2,3)12-10(17)9(16)11(8(7-15)18-12)19-14(4,5)6/h8-12,15-17H,7H2,1-6H3. The first-order valence-corrected chi connectivity index (χ1v) is 6.77. The fraction of sp³-hybridized carbons (Fsp3) is 1.00. The van der Waals surface area contributed by atoms with Crippen LogP contribution < -0.4 is 0 Å². The molecule has 5 atom stereocenters. The monoisotopic (exact) mass is 276 g/mol. The van der Waals surface area contributed by atoms with Crippen LogP contribution in [0.3, 0.4) is 0 Å². The van der Waals surface area contributed by atoms with Crippen LogP contribution in [-0.4, -0.2) is 58.0 Å². The molecule has 0 amide bonds. The number of hydrogen-bond acceptors (Lipinski definition) is 5. The number of aliphatic hydroxyl groups is 3. The second kappa shape index (κ2) is 5.66. The zero-order valence-electron chi connectivity index (χ0n) is 12.8. The van der Waals surface area contributed by atoms with E-state index in [1.165, 1.54) is 0 Å². The van der Waals surface area contributed by atoms with Crippen molar-refractivity contribution >= 4 is 0 Å². The summed E-state index contributed by atoms with van der Waals surface area (Å²) in [5.41, 5.74) is -0.822. The summed E-state index contributed by atoms with van der Waals surface area (Å²) in [6.07, 6.45) is -4.02. The van der Waals surface area contributed by atoms with Crippen molar-refractivity contribution in [3.63, 3.8) is 0 Å². The maximum Gasteiger partial charge on any atom is 0.115 e. The fourth-order valence-corrected chi connectivity index (χ4v) is 2.36. The molecule has 114 valence electrons. The lowest BCUT2D eigenvalue weighted by Gasteiger charge is -2.48. The molecule has 1 saturated heterocycles. The lowest BCUT2D eigenvalue weighted by Crippen LogP contribution is -2.63. The Hall–Kier alpha value is -0.200. The molecule has 19 heavy (non-hydrogen) atoms. The van der Waals surface area contributed by atoms with E-state index in [4.69, 9.17) is 9.47 Å². The Labute approximate surface area is 115 Å². The SMILES string of the molecule is CC(C)(C)OC1C(CO)OC(C(C)(C)C)C(O)C1O. The summed E-state index contributed by atoms with van der Waals surface area (Å²) in [6.45, 7) is 11.1. The summed E-state index contributed by atoms with van der Waals surface area (Å²) >= 11 is 0. The minimum atomic E-state index is -1.07. The van der Waals surface area contributed by atoms with Crippen molar-refractivity contribution in [3.05, 3.63) is 0 Å². The van der Waals surface area contributed by atoms with Crippen molar-refractivity contribution in [2.75, 3.05) is 6.61 Å². The van der Waals surface area contributed by atoms with Crippen LogP contribution in [0.15, 0.2) is 0 Å². The highest BCUT2D eigenvalue weighted by molar-refractivity contribution is 4.97. The minimum Gasteiger partial charge on any atom is -0.394 e. The molecule has 0 aromatic heterocycles. The van der Waals surface area contributed by atoms with Gasteiger partial charge in [0.15, 0.2) is 0 Å². The Kier molecular flexibility index (Phi) is 5.02. The molecule has 1 fully saturated rings. The van der Waals surface area contributed by atoms with Gasteiger partial charge in [-0.05, 0) is 26.2 Å².